The van der Waals surface area contributed by atoms with Crippen LogP contribution in [0, 0.1) is 0 Å². The lowest BCUT2D eigenvalue weighted by atomic mass is 10.1. The summed E-state index contributed by atoms with van der Waals surface area (Å²) in [6, 6.07) is 13.9. The lowest BCUT2D eigenvalue weighted by Crippen LogP contribution is -2.33. The molecule has 0 spiro atoms. The van der Waals surface area contributed by atoms with Gasteiger partial charge in [0, 0.05) is 0 Å². The Morgan fingerprint density at radius 3 is 2.04 bits per heavy atom. The number of amides is 2. The van der Waals surface area contributed by atoms with Gasteiger partial charge in [0.25, 0.3) is 11.8 Å². The van der Waals surface area contributed by atoms with Gasteiger partial charge < -0.3 is 29.2 Å². The molecule has 0 saturated heterocycles. The molecule has 1 aliphatic rings. The molecule has 0 aliphatic carbocycles. The maximum absolute atomic E-state index is 12.3. The van der Waals surface area contributed by atoms with Crippen LogP contribution in [0.15, 0.2) is 48.5 Å². The number of hydrogen-bond acceptors (Lipinski definition) is 6. The van der Waals surface area contributed by atoms with Crippen LogP contribution in [0.3, 0.4) is 0 Å². The van der Waals surface area contributed by atoms with E-state index in [-0.39, 0.29) is 25.0 Å². The number of benzene rings is 2. The van der Waals surface area contributed by atoms with Crippen LogP contribution in [0.2, 0.25) is 0 Å². The summed E-state index contributed by atoms with van der Waals surface area (Å²) in [6.07, 6.45) is 0. The number of fused-ring (bicyclic) bond motifs is 1. The standard InChI is InChI=1S/C17H16NO4PS2/c1-21-12-6-8-13(9-7-12)23(24,25)22-11-10-18-16(19)14-4-2-3-5-15(14)17(18)20/h2-9H,10-11H2,1H3,(H,24,25)/p-1. The Bertz CT molecular complexity index is 776. The van der Waals surface area contributed by atoms with E-state index in [0.717, 1.165) is 5.30 Å². The van der Waals surface area contributed by atoms with E-state index in [1.165, 1.54) is 4.90 Å². The minimum atomic E-state index is -2.63. The first-order valence-electron chi connectivity index (χ1n) is 7.49. The highest BCUT2D eigenvalue weighted by Crippen LogP contribution is 2.54. The maximum atomic E-state index is 12.3. The molecule has 0 fully saturated rings. The summed E-state index contributed by atoms with van der Waals surface area (Å²) in [6.45, 7) is 0.232. The molecule has 0 bridgehead atoms. The molecule has 8 heteroatoms. The zero-order valence-corrected chi connectivity index (χ0v) is 15.9. The number of rotatable bonds is 6. The molecule has 0 N–H and O–H groups in total. The number of methoxy groups -OCH3 is 1. The van der Waals surface area contributed by atoms with Crippen molar-refractivity contribution < 1.29 is 18.8 Å². The molecule has 2 aromatic rings. The first kappa shape index (κ1) is 18.3. The van der Waals surface area contributed by atoms with Gasteiger partial charge in [-0.15, -0.1) is 0 Å². The van der Waals surface area contributed by atoms with Gasteiger partial charge in [-0.1, -0.05) is 18.0 Å². The highest BCUT2D eigenvalue weighted by atomic mass is 33.1. The third-order valence-corrected chi connectivity index (χ3v) is 7.19. The van der Waals surface area contributed by atoms with Crippen LogP contribution >= 0.6 is 5.89 Å². The number of carbonyl (C=O) groups is 2. The number of imide groups is 1. The lowest BCUT2D eigenvalue weighted by molar-refractivity contribution is 0.0634. The van der Waals surface area contributed by atoms with Crippen molar-refractivity contribution in [3.05, 3.63) is 59.7 Å². The molecule has 2 amide bonds. The molecule has 3 rings (SSSR count). The number of hydrogen-bond donors (Lipinski definition) is 0. The summed E-state index contributed by atoms with van der Waals surface area (Å²) in [4.78, 5) is 25.8. The molecule has 0 atom stereocenters. The quantitative estimate of drug-likeness (QED) is 0.428. The fraction of sp³-hybridized carbons (Fsp3) is 0.176. The third kappa shape index (κ3) is 3.70. The molecule has 0 saturated carbocycles. The van der Waals surface area contributed by atoms with Crippen molar-refractivity contribution in [2.75, 3.05) is 20.3 Å². The summed E-state index contributed by atoms with van der Waals surface area (Å²) in [5.74, 6) is -2.55. The van der Waals surface area contributed by atoms with E-state index < -0.39 is 5.89 Å². The van der Waals surface area contributed by atoms with Crippen LogP contribution in [-0.4, -0.2) is 37.0 Å². The monoisotopic (exact) mass is 392 g/mol. The average molecular weight is 392 g/mol. The predicted octanol–water partition coefficient (Wildman–Crippen LogP) is 2.49. The zero-order chi connectivity index (χ0) is 18.0. The molecule has 1 aliphatic heterocycles. The SMILES string of the molecule is COc1ccc([P+]([S-])([S-])OCCN2C(=O)c3ccccc3C2=O)cc1. The minimum absolute atomic E-state index is 0.109. The van der Waals surface area contributed by atoms with Crippen LogP contribution in [0.1, 0.15) is 20.7 Å². The molecule has 0 radical (unpaired) electrons. The van der Waals surface area contributed by atoms with Gasteiger partial charge in [0.1, 0.15) is 12.4 Å². The average Bonchev–Trinajstić information content (AvgIpc) is 2.87. The minimum Gasteiger partial charge on any atom is -0.542 e. The fourth-order valence-corrected chi connectivity index (χ4v) is 4.70. The predicted molar refractivity (Wildman–Crippen MR) is 102 cm³/mol. The number of nitrogens with zero attached hydrogens (tertiary/aromatic N) is 1. The summed E-state index contributed by atoms with van der Waals surface area (Å²) in [5, 5.41) is 0.737. The highest BCUT2D eigenvalue weighted by molar-refractivity contribution is 8.74. The Morgan fingerprint density at radius 1 is 0.960 bits per heavy atom. The third-order valence-electron chi connectivity index (χ3n) is 3.84. The number of carbonyl (C=O) groups excluding carboxylic acids is 2. The van der Waals surface area contributed by atoms with E-state index in [2.05, 4.69) is 0 Å². The van der Waals surface area contributed by atoms with Crippen LogP contribution in [0.4, 0.5) is 0 Å². The van der Waals surface area contributed by atoms with Gasteiger partial charge in [-0.25, -0.2) is 0 Å². The molecule has 130 valence electrons. The molecular formula is C17H15NO4PS2-. The van der Waals surface area contributed by atoms with Crippen LogP contribution in [0.5, 0.6) is 5.75 Å². The van der Waals surface area contributed by atoms with Gasteiger partial charge >= 0.3 is 0 Å². The molecule has 0 aromatic heterocycles. The first-order chi connectivity index (χ1) is 11.9. The van der Waals surface area contributed by atoms with Crippen molar-refractivity contribution in [1.29, 1.82) is 0 Å². The number of ether oxygens (including phenoxy) is 1. The van der Waals surface area contributed by atoms with Crippen LogP contribution < -0.4 is 10.0 Å². The van der Waals surface area contributed by atoms with Crippen molar-refractivity contribution in [2.24, 2.45) is 0 Å². The smallest absolute Gasteiger partial charge is 0.261 e. The van der Waals surface area contributed by atoms with Crippen molar-refractivity contribution in [1.82, 2.24) is 4.90 Å². The van der Waals surface area contributed by atoms with E-state index in [1.54, 1.807) is 55.6 Å². The van der Waals surface area contributed by atoms with Gasteiger partial charge in [0.05, 0.1) is 30.1 Å². The van der Waals surface area contributed by atoms with Crippen LogP contribution in [0.25, 0.3) is 0 Å². The first-order valence-corrected chi connectivity index (χ1v) is 11.2. The second-order valence-corrected chi connectivity index (χ2v) is 10.9. The second-order valence-electron chi connectivity index (χ2n) is 5.34. The Morgan fingerprint density at radius 2 is 1.52 bits per heavy atom. The molecule has 0 unspecified atom stereocenters. The fourth-order valence-electron chi connectivity index (χ4n) is 2.53. The van der Waals surface area contributed by atoms with Crippen LogP contribution in [-0.2, 0) is 29.0 Å². The van der Waals surface area contributed by atoms with E-state index in [1.807, 2.05) is 0 Å². The summed E-state index contributed by atoms with van der Waals surface area (Å²) in [7, 11) is 1.58. The largest absolute Gasteiger partial charge is 0.542 e. The van der Waals surface area contributed by atoms with E-state index in [4.69, 9.17) is 33.8 Å². The van der Waals surface area contributed by atoms with E-state index in [9.17, 15) is 9.59 Å². The highest BCUT2D eigenvalue weighted by Gasteiger charge is 2.35. The molecular weight excluding hydrogens is 377 g/mol. The normalized spacial score (nSPS) is 14.0. The maximum Gasteiger partial charge on any atom is 0.261 e. The molecule has 25 heavy (non-hydrogen) atoms. The van der Waals surface area contributed by atoms with Crippen molar-refractivity contribution in [2.45, 2.75) is 0 Å². The Hall–Kier alpha value is -1.53. The molecule has 2 aromatic carbocycles. The second kappa shape index (κ2) is 7.38. The summed E-state index contributed by atoms with van der Waals surface area (Å²) >= 11 is 10.9. The van der Waals surface area contributed by atoms with Crippen molar-refractivity contribution in [3.63, 3.8) is 0 Å². The molecule has 5 nitrogen and oxygen atoms in total. The Balaban J connectivity index is 1.62. The topological polar surface area (TPSA) is 55.8 Å². The van der Waals surface area contributed by atoms with Gasteiger partial charge in [-0.3, -0.25) is 19.0 Å². The summed E-state index contributed by atoms with van der Waals surface area (Å²) < 4.78 is 10.8. The van der Waals surface area contributed by atoms with Gasteiger partial charge in [-0.2, -0.15) is 0 Å². The van der Waals surface area contributed by atoms with Crippen molar-refractivity contribution in [3.8, 4) is 5.75 Å². The zero-order valence-electron chi connectivity index (χ0n) is 13.4. The van der Waals surface area contributed by atoms with E-state index >= 15 is 0 Å². The van der Waals surface area contributed by atoms with Gasteiger partial charge in [0.15, 0.2) is 0 Å². The molecule has 1 heterocycles. The van der Waals surface area contributed by atoms with E-state index in [0.29, 0.717) is 16.9 Å². The lowest BCUT2D eigenvalue weighted by Gasteiger charge is -2.37. The van der Waals surface area contributed by atoms with Gasteiger partial charge in [0.2, 0.25) is 0 Å². The summed E-state index contributed by atoms with van der Waals surface area (Å²) in [5.41, 5.74) is 0.834. The Labute approximate surface area is 157 Å². The Kier molecular flexibility index (Phi) is 5.39. The van der Waals surface area contributed by atoms with Gasteiger partial charge in [-0.05, 0) is 36.4 Å². The van der Waals surface area contributed by atoms with Crippen molar-refractivity contribution >= 4 is 47.5 Å².